The van der Waals surface area contributed by atoms with E-state index in [0.29, 0.717) is 16.3 Å². The number of urea groups is 1. The predicted molar refractivity (Wildman–Crippen MR) is 103 cm³/mol. The van der Waals surface area contributed by atoms with E-state index in [1.807, 2.05) is 35.6 Å². The van der Waals surface area contributed by atoms with Gasteiger partial charge in [-0.1, -0.05) is 42.5 Å². The van der Waals surface area contributed by atoms with E-state index in [9.17, 15) is 18.8 Å². The van der Waals surface area contributed by atoms with E-state index in [2.05, 4.69) is 9.97 Å². The summed E-state index contributed by atoms with van der Waals surface area (Å²) in [7, 11) is 0. The van der Waals surface area contributed by atoms with Gasteiger partial charge >= 0.3 is 6.03 Å². The summed E-state index contributed by atoms with van der Waals surface area (Å²) in [5.41, 5.74) is 0.619. The van der Waals surface area contributed by atoms with Crippen molar-refractivity contribution in [1.29, 1.82) is 0 Å². The summed E-state index contributed by atoms with van der Waals surface area (Å²) >= 11 is 0. The minimum atomic E-state index is -1.02. The third-order valence-corrected chi connectivity index (χ3v) is 4.21. The zero-order valence-corrected chi connectivity index (χ0v) is 14.9. The first-order valence-corrected chi connectivity index (χ1v) is 8.58. The van der Waals surface area contributed by atoms with Gasteiger partial charge < -0.3 is 0 Å². The monoisotopic (exact) mass is 388 g/mol. The average molecular weight is 388 g/mol. The van der Waals surface area contributed by atoms with E-state index in [-0.39, 0.29) is 11.3 Å². The molecule has 0 unspecified atom stereocenters. The van der Waals surface area contributed by atoms with Crippen LogP contribution in [-0.2, 0) is 9.59 Å². The van der Waals surface area contributed by atoms with Gasteiger partial charge in [0.05, 0.1) is 5.69 Å². The molecule has 0 atom stereocenters. The Balaban J connectivity index is 1.67. The molecule has 0 radical (unpaired) electrons. The number of barbiturate groups is 1. The Kier molecular flexibility index (Phi) is 4.66. The Labute approximate surface area is 164 Å². The lowest BCUT2D eigenvalue weighted by atomic mass is 10.1. The summed E-state index contributed by atoms with van der Waals surface area (Å²) in [5, 5.41) is 2.04. The van der Waals surface area contributed by atoms with Crippen LogP contribution < -0.4 is 10.2 Å². The van der Waals surface area contributed by atoms with Crippen LogP contribution in [0.15, 0.2) is 72.6 Å². The zero-order chi connectivity index (χ0) is 20.4. The maximum Gasteiger partial charge on any atom is 0.336 e. The lowest BCUT2D eigenvalue weighted by Crippen LogP contribution is -2.54. The summed E-state index contributed by atoms with van der Waals surface area (Å²) in [4.78, 5) is 46.1. The highest BCUT2D eigenvalue weighted by Gasteiger charge is 2.37. The molecule has 1 aliphatic rings. The van der Waals surface area contributed by atoms with Crippen molar-refractivity contribution >= 4 is 29.6 Å². The Morgan fingerprint density at radius 1 is 0.897 bits per heavy atom. The van der Waals surface area contributed by atoms with E-state index in [1.165, 1.54) is 36.7 Å². The van der Waals surface area contributed by atoms with Crippen molar-refractivity contribution in [3.8, 4) is 11.4 Å². The number of aromatic nitrogens is 2. The molecule has 2 heterocycles. The van der Waals surface area contributed by atoms with Gasteiger partial charge in [-0.05, 0) is 18.2 Å². The van der Waals surface area contributed by atoms with Crippen LogP contribution in [0.5, 0.6) is 0 Å². The third-order valence-electron chi connectivity index (χ3n) is 4.21. The SMILES string of the molecule is O=C1NC(=O)N(c2ccccc2F)C(=O)/C1=C\c1cnc(-c2ccccc2)nc1. The molecule has 1 aliphatic heterocycles. The number of rotatable bonds is 3. The zero-order valence-electron chi connectivity index (χ0n) is 14.9. The quantitative estimate of drug-likeness (QED) is 0.550. The first-order valence-electron chi connectivity index (χ1n) is 8.58. The van der Waals surface area contributed by atoms with Gasteiger partial charge in [0.1, 0.15) is 11.4 Å². The maximum absolute atomic E-state index is 14.1. The van der Waals surface area contributed by atoms with Crippen molar-refractivity contribution in [1.82, 2.24) is 15.3 Å². The van der Waals surface area contributed by atoms with E-state index >= 15 is 0 Å². The number of carbonyl (C=O) groups is 3. The minimum absolute atomic E-state index is 0.246. The van der Waals surface area contributed by atoms with Gasteiger partial charge in [0.15, 0.2) is 5.82 Å². The van der Waals surface area contributed by atoms with Gasteiger partial charge in [0.2, 0.25) is 0 Å². The van der Waals surface area contributed by atoms with Gasteiger partial charge in [-0.25, -0.2) is 24.1 Å². The normalized spacial score (nSPS) is 15.6. The Bertz CT molecular complexity index is 1140. The molecule has 8 heteroatoms. The number of benzene rings is 2. The molecule has 3 aromatic rings. The lowest BCUT2D eigenvalue weighted by molar-refractivity contribution is -0.122. The van der Waals surface area contributed by atoms with Crippen molar-refractivity contribution in [3.63, 3.8) is 0 Å². The second-order valence-electron chi connectivity index (χ2n) is 6.12. The molecule has 142 valence electrons. The molecule has 1 N–H and O–H groups in total. The Morgan fingerprint density at radius 2 is 1.55 bits per heavy atom. The fourth-order valence-electron chi connectivity index (χ4n) is 2.82. The summed E-state index contributed by atoms with van der Waals surface area (Å²) in [5.74, 6) is -2.09. The molecular formula is C21H13FN4O3. The van der Waals surface area contributed by atoms with Crippen LogP contribution in [0.25, 0.3) is 17.5 Å². The molecule has 4 amide bonds. The van der Waals surface area contributed by atoms with Crippen molar-refractivity contribution in [2.45, 2.75) is 0 Å². The number of nitrogens with one attached hydrogen (secondary N) is 1. The number of nitrogens with zero attached hydrogens (tertiary/aromatic N) is 3. The first kappa shape index (κ1) is 18.2. The number of halogens is 1. The highest BCUT2D eigenvalue weighted by atomic mass is 19.1. The Morgan fingerprint density at radius 3 is 2.24 bits per heavy atom. The van der Waals surface area contributed by atoms with Crippen LogP contribution in [0.1, 0.15) is 5.56 Å². The molecule has 1 saturated heterocycles. The van der Waals surface area contributed by atoms with E-state index in [0.717, 1.165) is 11.6 Å². The van der Waals surface area contributed by atoms with Crippen molar-refractivity contribution in [2.24, 2.45) is 0 Å². The molecule has 4 rings (SSSR count). The molecule has 2 aromatic carbocycles. The second-order valence-corrected chi connectivity index (χ2v) is 6.12. The van der Waals surface area contributed by atoms with Crippen LogP contribution in [0, 0.1) is 5.82 Å². The second kappa shape index (κ2) is 7.43. The molecule has 0 aliphatic carbocycles. The largest absolute Gasteiger partial charge is 0.336 e. The van der Waals surface area contributed by atoms with Crippen LogP contribution in [-0.4, -0.2) is 27.8 Å². The molecule has 0 saturated carbocycles. The Hall–Kier alpha value is -4.20. The average Bonchev–Trinajstić information content (AvgIpc) is 2.73. The van der Waals surface area contributed by atoms with Crippen LogP contribution >= 0.6 is 0 Å². The van der Waals surface area contributed by atoms with Crippen LogP contribution in [0.4, 0.5) is 14.9 Å². The number of para-hydroxylation sites is 1. The van der Waals surface area contributed by atoms with Crippen molar-refractivity contribution < 1.29 is 18.8 Å². The number of hydrogen-bond acceptors (Lipinski definition) is 5. The number of imide groups is 2. The van der Waals surface area contributed by atoms with Gasteiger partial charge in [-0.3, -0.25) is 14.9 Å². The number of anilines is 1. The van der Waals surface area contributed by atoms with Crippen LogP contribution in [0.3, 0.4) is 0 Å². The molecule has 1 aromatic heterocycles. The van der Waals surface area contributed by atoms with Crippen molar-refractivity contribution in [2.75, 3.05) is 4.90 Å². The van der Waals surface area contributed by atoms with Crippen molar-refractivity contribution in [3.05, 3.63) is 83.9 Å². The fourth-order valence-corrected chi connectivity index (χ4v) is 2.82. The molecule has 0 bridgehead atoms. The summed E-state index contributed by atoms with van der Waals surface area (Å²) in [6, 6.07) is 13.6. The lowest BCUT2D eigenvalue weighted by Gasteiger charge is -2.26. The standard InChI is InChI=1S/C21H13FN4O3/c22-16-8-4-5-9-17(16)26-20(28)15(19(27)25-21(26)29)10-13-11-23-18(24-12-13)14-6-2-1-3-7-14/h1-12H,(H,25,27,29)/b15-10-. The number of hydrogen-bond donors (Lipinski definition) is 1. The highest BCUT2D eigenvalue weighted by Crippen LogP contribution is 2.24. The van der Waals surface area contributed by atoms with Crippen LogP contribution in [0.2, 0.25) is 0 Å². The first-order chi connectivity index (χ1) is 14.0. The molecule has 0 spiro atoms. The fraction of sp³-hybridized carbons (Fsp3) is 0. The third kappa shape index (κ3) is 3.51. The molecular weight excluding hydrogens is 375 g/mol. The van der Waals surface area contributed by atoms with E-state index in [4.69, 9.17) is 0 Å². The van der Waals surface area contributed by atoms with E-state index in [1.54, 1.807) is 0 Å². The van der Waals surface area contributed by atoms with Gasteiger partial charge in [0, 0.05) is 23.5 Å². The minimum Gasteiger partial charge on any atom is -0.273 e. The predicted octanol–water partition coefficient (Wildman–Crippen LogP) is 2.95. The number of amides is 4. The highest BCUT2D eigenvalue weighted by molar-refractivity contribution is 6.39. The van der Waals surface area contributed by atoms with E-state index < -0.39 is 23.7 Å². The molecule has 29 heavy (non-hydrogen) atoms. The number of carbonyl (C=O) groups excluding carboxylic acids is 3. The summed E-state index contributed by atoms with van der Waals surface area (Å²) < 4.78 is 14.1. The topological polar surface area (TPSA) is 92.3 Å². The smallest absolute Gasteiger partial charge is 0.273 e. The maximum atomic E-state index is 14.1. The van der Waals surface area contributed by atoms with Gasteiger partial charge in [-0.15, -0.1) is 0 Å². The summed E-state index contributed by atoms with van der Waals surface area (Å²) in [6.07, 6.45) is 4.16. The molecule has 7 nitrogen and oxygen atoms in total. The molecule has 1 fully saturated rings. The van der Waals surface area contributed by atoms with Gasteiger partial charge in [0.25, 0.3) is 11.8 Å². The summed E-state index contributed by atoms with van der Waals surface area (Å²) in [6.45, 7) is 0. The van der Waals surface area contributed by atoms with Gasteiger partial charge in [-0.2, -0.15) is 0 Å².